The normalized spacial score (nSPS) is 15.7. The van der Waals surface area contributed by atoms with E-state index in [1.165, 1.54) is 49.0 Å². The number of piperidine rings is 1. The number of carbonyl (C=O) groups excluding carboxylic acids is 1. The molecule has 1 heterocycles. The van der Waals surface area contributed by atoms with Gasteiger partial charge in [0.15, 0.2) is 6.10 Å². The fourth-order valence-electron chi connectivity index (χ4n) is 3.83. The maximum absolute atomic E-state index is 12.7. The highest BCUT2D eigenvalue weighted by atomic mass is 16.5. The highest BCUT2D eigenvalue weighted by molar-refractivity contribution is 5.81. The van der Waals surface area contributed by atoms with E-state index in [1.54, 1.807) is 0 Å². The molecule has 1 saturated heterocycles. The van der Waals surface area contributed by atoms with Crippen LogP contribution in [0.1, 0.15) is 56.2 Å². The van der Waals surface area contributed by atoms with Crippen molar-refractivity contribution in [2.24, 2.45) is 0 Å². The second-order valence-corrected chi connectivity index (χ2v) is 7.84. The molecule has 1 aliphatic rings. The maximum Gasteiger partial charge on any atom is 0.261 e. The van der Waals surface area contributed by atoms with Crippen LogP contribution >= 0.6 is 0 Å². The van der Waals surface area contributed by atoms with Crippen molar-refractivity contribution < 1.29 is 9.53 Å². The zero-order valence-electron chi connectivity index (χ0n) is 17.8. The molecule has 0 saturated carbocycles. The quantitative estimate of drug-likeness (QED) is 0.670. The van der Waals surface area contributed by atoms with Crippen LogP contribution in [-0.4, -0.2) is 30.0 Å². The highest BCUT2D eigenvalue weighted by Crippen LogP contribution is 2.18. The summed E-state index contributed by atoms with van der Waals surface area (Å²) in [6.07, 6.45) is 5.07. The summed E-state index contributed by atoms with van der Waals surface area (Å²) >= 11 is 0. The van der Waals surface area contributed by atoms with Gasteiger partial charge in [-0.05, 0) is 67.6 Å². The number of nitrogens with one attached hydrogen (secondary N) is 1. The van der Waals surface area contributed by atoms with Gasteiger partial charge in [0, 0.05) is 13.1 Å². The second kappa shape index (κ2) is 11.0. The lowest BCUT2D eigenvalue weighted by Gasteiger charge is -2.27. The molecule has 0 unspecified atom stereocenters. The van der Waals surface area contributed by atoms with Gasteiger partial charge in [-0.2, -0.15) is 0 Å². The Hall–Kier alpha value is -2.33. The second-order valence-electron chi connectivity index (χ2n) is 7.84. The van der Waals surface area contributed by atoms with Crippen molar-refractivity contribution in [2.45, 2.75) is 65.1 Å². The van der Waals surface area contributed by atoms with Gasteiger partial charge in [0.05, 0.1) is 0 Å². The fourth-order valence-corrected chi connectivity index (χ4v) is 3.83. The third-order valence-corrected chi connectivity index (χ3v) is 5.69. The smallest absolute Gasteiger partial charge is 0.261 e. The van der Waals surface area contributed by atoms with Crippen molar-refractivity contribution in [3.05, 3.63) is 65.2 Å². The van der Waals surface area contributed by atoms with E-state index in [-0.39, 0.29) is 5.91 Å². The molecular formula is C25H34N2O2. The Labute approximate surface area is 175 Å². The van der Waals surface area contributed by atoms with Crippen LogP contribution in [0.5, 0.6) is 5.75 Å². The summed E-state index contributed by atoms with van der Waals surface area (Å²) in [5.41, 5.74) is 3.76. The van der Waals surface area contributed by atoms with Crippen LogP contribution in [0.25, 0.3) is 0 Å². The summed E-state index contributed by atoms with van der Waals surface area (Å²) in [6, 6.07) is 16.4. The van der Waals surface area contributed by atoms with E-state index in [2.05, 4.69) is 47.5 Å². The number of carbonyl (C=O) groups is 1. The Bertz CT molecular complexity index is 767. The minimum Gasteiger partial charge on any atom is -0.481 e. The molecule has 1 atom stereocenters. The van der Waals surface area contributed by atoms with Gasteiger partial charge in [-0.1, -0.05) is 56.7 Å². The van der Waals surface area contributed by atoms with E-state index in [9.17, 15) is 4.79 Å². The molecule has 0 aromatic heterocycles. The zero-order valence-corrected chi connectivity index (χ0v) is 17.8. The van der Waals surface area contributed by atoms with Crippen LogP contribution in [0.2, 0.25) is 0 Å². The van der Waals surface area contributed by atoms with Crippen molar-refractivity contribution in [2.75, 3.05) is 13.1 Å². The molecule has 4 nitrogen and oxygen atoms in total. The summed E-state index contributed by atoms with van der Waals surface area (Å²) in [5.74, 6) is 0.689. The summed E-state index contributed by atoms with van der Waals surface area (Å²) in [6.45, 7) is 7.95. The number of likely N-dealkylation sites (tertiary alicyclic amines) is 1. The van der Waals surface area contributed by atoms with Crippen molar-refractivity contribution in [3.8, 4) is 5.75 Å². The van der Waals surface area contributed by atoms with E-state index in [1.807, 2.05) is 25.1 Å². The molecule has 2 aromatic rings. The van der Waals surface area contributed by atoms with E-state index < -0.39 is 6.10 Å². The van der Waals surface area contributed by atoms with E-state index >= 15 is 0 Å². The van der Waals surface area contributed by atoms with Crippen LogP contribution in [0.4, 0.5) is 0 Å². The molecule has 0 aliphatic carbocycles. The minimum absolute atomic E-state index is 0.0557. The first-order valence-corrected chi connectivity index (χ1v) is 11.0. The molecule has 1 N–H and O–H groups in total. The van der Waals surface area contributed by atoms with E-state index in [0.29, 0.717) is 13.0 Å². The van der Waals surface area contributed by atoms with Crippen molar-refractivity contribution in [1.82, 2.24) is 10.2 Å². The fraction of sp³-hybridized carbons (Fsp3) is 0.480. The van der Waals surface area contributed by atoms with Crippen LogP contribution in [0.15, 0.2) is 48.5 Å². The largest absolute Gasteiger partial charge is 0.481 e. The van der Waals surface area contributed by atoms with Gasteiger partial charge in [-0.25, -0.2) is 0 Å². The van der Waals surface area contributed by atoms with Crippen LogP contribution < -0.4 is 10.1 Å². The van der Waals surface area contributed by atoms with E-state index in [0.717, 1.165) is 18.7 Å². The summed E-state index contributed by atoms with van der Waals surface area (Å²) in [7, 11) is 0. The van der Waals surface area contributed by atoms with Gasteiger partial charge in [0.1, 0.15) is 5.75 Å². The van der Waals surface area contributed by atoms with Gasteiger partial charge in [-0.15, -0.1) is 0 Å². The predicted molar refractivity (Wildman–Crippen MR) is 118 cm³/mol. The lowest BCUT2D eigenvalue weighted by atomic mass is 10.0. The zero-order chi connectivity index (χ0) is 20.5. The third-order valence-electron chi connectivity index (χ3n) is 5.69. The maximum atomic E-state index is 12.7. The van der Waals surface area contributed by atoms with Gasteiger partial charge in [0.25, 0.3) is 5.91 Å². The SMILES string of the molecule is CCc1ccc(O[C@H](CC)C(=O)NCc2ccccc2CN2CCCCC2)cc1. The molecule has 1 fully saturated rings. The van der Waals surface area contributed by atoms with Gasteiger partial charge >= 0.3 is 0 Å². The third kappa shape index (κ3) is 6.33. The van der Waals surface area contributed by atoms with E-state index in [4.69, 9.17) is 4.74 Å². The predicted octanol–water partition coefficient (Wildman–Crippen LogP) is 4.71. The van der Waals surface area contributed by atoms with Gasteiger partial charge in [-0.3, -0.25) is 9.69 Å². The molecule has 0 spiro atoms. The molecule has 29 heavy (non-hydrogen) atoms. The standard InChI is InChI=1S/C25H34N2O2/c1-3-20-12-14-23(15-13-20)29-24(4-2)25(28)26-18-21-10-6-7-11-22(21)19-27-16-8-5-9-17-27/h6-7,10-15,24H,3-5,8-9,16-19H2,1-2H3,(H,26,28)/t24-/m1/s1. The Morgan fingerprint density at radius 3 is 2.34 bits per heavy atom. The molecule has 156 valence electrons. The molecule has 1 amide bonds. The average molecular weight is 395 g/mol. The number of amides is 1. The summed E-state index contributed by atoms with van der Waals surface area (Å²) in [5, 5.41) is 3.09. The molecule has 0 bridgehead atoms. The van der Waals surface area contributed by atoms with Crippen molar-refractivity contribution in [1.29, 1.82) is 0 Å². The number of ether oxygens (including phenoxy) is 1. The van der Waals surface area contributed by atoms with Crippen LogP contribution in [-0.2, 0) is 24.3 Å². The molecular weight excluding hydrogens is 360 g/mol. The first kappa shape index (κ1) is 21.4. The molecule has 3 rings (SSSR count). The Kier molecular flexibility index (Phi) is 8.12. The average Bonchev–Trinajstić information content (AvgIpc) is 2.77. The monoisotopic (exact) mass is 394 g/mol. The van der Waals surface area contributed by atoms with Gasteiger partial charge < -0.3 is 10.1 Å². The van der Waals surface area contributed by atoms with Crippen LogP contribution in [0, 0.1) is 0 Å². The summed E-state index contributed by atoms with van der Waals surface area (Å²) in [4.78, 5) is 15.2. The first-order chi connectivity index (χ1) is 14.2. The molecule has 0 radical (unpaired) electrons. The number of hydrogen-bond donors (Lipinski definition) is 1. The first-order valence-electron chi connectivity index (χ1n) is 11.0. The number of aryl methyl sites for hydroxylation is 1. The van der Waals surface area contributed by atoms with Gasteiger partial charge in [0.2, 0.25) is 0 Å². The lowest BCUT2D eigenvalue weighted by molar-refractivity contribution is -0.128. The number of nitrogens with zero attached hydrogens (tertiary/aromatic N) is 1. The topological polar surface area (TPSA) is 41.6 Å². The van der Waals surface area contributed by atoms with Crippen molar-refractivity contribution in [3.63, 3.8) is 0 Å². The summed E-state index contributed by atoms with van der Waals surface area (Å²) < 4.78 is 5.94. The molecule has 4 heteroatoms. The highest BCUT2D eigenvalue weighted by Gasteiger charge is 2.19. The van der Waals surface area contributed by atoms with Crippen LogP contribution in [0.3, 0.4) is 0 Å². The molecule has 1 aliphatic heterocycles. The Balaban J connectivity index is 1.57. The number of benzene rings is 2. The minimum atomic E-state index is -0.475. The lowest BCUT2D eigenvalue weighted by Crippen LogP contribution is -2.38. The Morgan fingerprint density at radius 2 is 1.69 bits per heavy atom. The number of hydrogen-bond acceptors (Lipinski definition) is 3. The Morgan fingerprint density at radius 1 is 1.00 bits per heavy atom. The number of rotatable bonds is 9. The van der Waals surface area contributed by atoms with Crippen molar-refractivity contribution >= 4 is 5.91 Å². The molecule has 2 aromatic carbocycles.